The van der Waals surface area contributed by atoms with Crippen molar-refractivity contribution in [3.8, 4) is 5.69 Å². The van der Waals surface area contributed by atoms with Gasteiger partial charge in [-0.1, -0.05) is 11.6 Å². The van der Waals surface area contributed by atoms with Crippen LogP contribution in [0, 0.1) is 5.82 Å². The summed E-state index contributed by atoms with van der Waals surface area (Å²) in [5.74, 6) is -1.83. The second-order valence-electron chi connectivity index (χ2n) is 3.26. The van der Waals surface area contributed by atoms with E-state index < -0.39 is 11.8 Å². The van der Waals surface area contributed by atoms with Crippen molar-refractivity contribution in [1.82, 2.24) is 9.78 Å². The number of halogens is 2. The zero-order chi connectivity index (χ0) is 12.6. The number of aromatic nitrogens is 2. The lowest BCUT2D eigenvalue weighted by Gasteiger charge is -2.06. The van der Waals surface area contributed by atoms with Crippen molar-refractivity contribution in [3.05, 3.63) is 40.8 Å². The monoisotopic (exact) mass is 255 g/mol. The smallest absolute Gasteiger partial charge is 0.341 e. The average molecular weight is 256 g/mol. The van der Waals surface area contributed by atoms with Crippen LogP contribution in [0.5, 0.6) is 0 Å². The van der Waals surface area contributed by atoms with Crippen LogP contribution in [0.4, 0.5) is 10.2 Å². The number of aromatic carboxylic acids is 1. The molecule has 1 heterocycles. The number of rotatable bonds is 2. The van der Waals surface area contributed by atoms with Gasteiger partial charge in [0.25, 0.3) is 0 Å². The Labute approximate surface area is 100 Å². The highest BCUT2D eigenvalue weighted by atomic mass is 35.5. The van der Waals surface area contributed by atoms with Crippen molar-refractivity contribution in [2.24, 2.45) is 0 Å². The number of hydrogen-bond donors (Lipinski definition) is 2. The Kier molecular flexibility index (Phi) is 2.72. The summed E-state index contributed by atoms with van der Waals surface area (Å²) in [6, 6.07) is 3.65. The first kappa shape index (κ1) is 11.4. The first-order valence-corrected chi connectivity index (χ1v) is 4.90. The molecule has 0 aliphatic rings. The molecule has 7 heteroatoms. The second kappa shape index (κ2) is 4.06. The third-order valence-corrected chi connectivity index (χ3v) is 2.49. The molecule has 0 spiro atoms. The number of benzene rings is 1. The Morgan fingerprint density at radius 1 is 1.53 bits per heavy atom. The van der Waals surface area contributed by atoms with Gasteiger partial charge in [0.2, 0.25) is 0 Å². The van der Waals surface area contributed by atoms with Crippen LogP contribution in [-0.4, -0.2) is 20.9 Å². The fraction of sp³-hybridized carbons (Fsp3) is 0. The zero-order valence-electron chi connectivity index (χ0n) is 8.39. The van der Waals surface area contributed by atoms with Crippen molar-refractivity contribution in [3.63, 3.8) is 0 Å². The lowest BCUT2D eigenvalue weighted by molar-refractivity contribution is 0.0698. The van der Waals surface area contributed by atoms with Gasteiger partial charge in [0.15, 0.2) is 0 Å². The van der Waals surface area contributed by atoms with Gasteiger partial charge in [0, 0.05) is 6.07 Å². The Hall–Kier alpha value is -2.08. The second-order valence-corrected chi connectivity index (χ2v) is 3.66. The van der Waals surface area contributed by atoms with Crippen LogP contribution in [0.2, 0.25) is 5.02 Å². The van der Waals surface area contributed by atoms with E-state index in [0.717, 1.165) is 16.9 Å². The summed E-state index contributed by atoms with van der Waals surface area (Å²) >= 11 is 5.86. The third kappa shape index (κ3) is 1.94. The first-order chi connectivity index (χ1) is 8.00. The van der Waals surface area contributed by atoms with Crippen molar-refractivity contribution in [2.45, 2.75) is 0 Å². The molecule has 0 radical (unpaired) electrons. The SMILES string of the molecule is Nc1c(C(=O)O)cnn1-c1cc(F)ccc1Cl. The van der Waals surface area contributed by atoms with Crippen LogP contribution in [0.1, 0.15) is 10.4 Å². The maximum absolute atomic E-state index is 13.1. The van der Waals surface area contributed by atoms with Crippen molar-refractivity contribution in [1.29, 1.82) is 0 Å². The molecule has 17 heavy (non-hydrogen) atoms. The molecule has 0 saturated carbocycles. The van der Waals surface area contributed by atoms with Crippen LogP contribution >= 0.6 is 11.6 Å². The molecule has 0 bridgehead atoms. The number of nitrogens with two attached hydrogens (primary N) is 1. The van der Waals surface area contributed by atoms with Gasteiger partial charge in [-0.25, -0.2) is 13.9 Å². The molecular formula is C10H7ClFN3O2. The van der Waals surface area contributed by atoms with E-state index in [-0.39, 0.29) is 22.1 Å². The van der Waals surface area contributed by atoms with Gasteiger partial charge in [-0.2, -0.15) is 5.10 Å². The maximum Gasteiger partial charge on any atom is 0.341 e. The molecule has 2 rings (SSSR count). The summed E-state index contributed by atoms with van der Waals surface area (Å²) in [6.07, 6.45) is 1.08. The number of carbonyl (C=O) groups is 1. The number of carboxylic acids is 1. The molecule has 0 fully saturated rings. The summed E-state index contributed by atoms with van der Waals surface area (Å²) in [5.41, 5.74) is 5.62. The normalized spacial score (nSPS) is 10.5. The topological polar surface area (TPSA) is 81.1 Å². The highest BCUT2D eigenvalue weighted by molar-refractivity contribution is 6.32. The molecule has 0 aliphatic carbocycles. The van der Waals surface area contributed by atoms with E-state index in [9.17, 15) is 9.18 Å². The summed E-state index contributed by atoms with van der Waals surface area (Å²) in [4.78, 5) is 10.8. The quantitative estimate of drug-likeness (QED) is 0.859. The van der Waals surface area contributed by atoms with E-state index in [0.29, 0.717) is 0 Å². The van der Waals surface area contributed by atoms with Gasteiger partial charge >= 0.3 is 5.97 Å². The van der Waals surface area contributed by atoms with Crippen LogP contribution in [0.25, 0.3) is 5.69 Å². The Bertz CT molecular complexity index is 597. The largest absolute Gasteiger partial charge is 0.477 e. The van der Waals surface area contributed by atoms with Gasteiger partial charge in [-0.15, -0.1) is 0 Å². The van der Waals surface area contributed by atoms with E-state index in [1.807, 2.05) is 0 Å². The number of carboxylic acid groups (broad SMARTS) is 1. The van der Waals surface area contributed by atoms with Crippen molar-refractivity contribution < 1.29 is 14.3 Å². The zero-order valence-corrected chi connectivity index (χ0v) is 9.15. The minimum absolute atomic E-state index is 0.106. The number of anilines is 1. The average Bonchev–Trinajstić information content (AvgIpc) is 2.64. The molecule has 0 amide bonds. The lowest BCUT2D eigenvalue weighted by atomic mass is 10.3. The first-order valence-electron chi connectivity index (χ1n) is 4.53. The Morgan fingerprint density at radius 2 is 2.24 bits per heavy atom. The van der Waals surface area contributed by atoms with Gasteiger partial charge in [-0.3, -0.25) is 0 Å². The molecule has 0 unspecified atom stereocenters. The predicted octanol–water partition coefficient (Wildman–Crippen LogP) is 1.95. The minimum atomic E-state index is -1.21. The summed E-state index contributed by atoms with van der Waals surface area (Å²) in [6.45, 7) is 0. The molecule has 0 atom stereocenters. The highest BCUT2D eigenvalue weighted by Crippen LogP contribution is 2.24. The van der Waals surface area contributed by atoms with E-state index in [2.05, 4.69) is 5.10 Å². The van der Waals surface area contributed by atoms with E-state index in [1.54, 1.807) is 0 Å². The molecule has 1 aromatic carbocycles. The molecule has 5 nitrogen and oxygen atoms in total. The summed E-state index contributed by atoms with van der Waals surface area (Å²) < 4.78 is 14.2. The lowest BCUT2D eigenvalue weighted by Crippen LogP contribution is -2.06. The fourth-order valence-corrected chi connectivity index (χ4v) is 1.56. The number of nitrogens with zero attached hydrogens (tertiary/aromatic N) is 2. The summed E-state index contributed by atoms with van der Waals surface area (Å²) in [5, 5.41) is 12.8. The van der Waals surface area contributed by atoms with Crippen LogP contribution in [-0.2, 0) is 0 Å². The number of hydrogen-bond acceptors (Lipinski definition) is 3. The van der Waals surface area contributed by atoms with E-state index in [1.165, 1.54) is 12.1 Å². The van der Waals surface area contributed by atoms with E-state index in [4.69, 9.17) is 22.4 Å². The Morgan fingerprint density at radius 3 is 2.82 bits per heavy atom. The summed E-state index contributed by atoms with van der Waals surface area (Å²) in [7, 11) is 0. The molecule has 0 saturated heterocycles. The van der Waals surface area contributed by atoms with Crippen LogP contribution < -0.4 is 5.73 Å². The molecular weight excluding hydrogens is 249 g/mol. The number of nitrogen functional groups attached to an aromatic ring is 1. The maximum atomic E-state index is 13.1. The Balaban J connectivity index is 2.61. The predicted molar refractivity (Wildman–Crippen MR) is 59.9 cm³/mol. The van der Waals surface area contributed by atoms with Gasteiger partial charge in [-0.05, 0) is 12.1 Å². The third-order valence-electron chi connectivity index (χ3n) is 2.17. The van der Waals surface area contributed by atoms with Gasteiger partial charge < -0.3 is 10.8 Å². The van der Waals surface area contributed by atoms with Crippen LogP contribution in [0.3, 0.4) is 0 Å². The van der Waals surface area contributed by atoms with Gasteiger partial charge in [0.1, 0.15) is 17.2 Å². The van der Waals surface area contributed by atoms with E-state index >= 15 is 0 Å². The van der Waals surface area contributed by atoms with Crippen molar-refractivity contribution >= 4 is 23.4 Å². The standard InChI is InChI=1S/C10H7ClFN3O2/c11-7-2-1-5(12)3-8(7)15-9(13)6(4-14-15)10(16)17/h1-4H,13H2,(H,16,17). The molecule has 3 N–H and O–H groups in total. The van der Waals surface area contributed by atoms with Crippen molar-refractivity contribution in [2.75, 3.05) is 5.73 Å². The van der Waals surface area contributed by atoms with Crippen LogP contribution in [0.15, 0.2) is 24.4 Å². The minimum Gasteiger partial charge on any atom is -0.477 e. The van der Waals surface area contributed by atoms with Gasteiger partial charge in [0.05, 0.1) is 16.9 Å². The molecule has 0 aliphatic heterocycles. The fourth-order valence-electron chi connectivity index (χ4n) is 1.36. The molecule has 88 valence electrons. The molecule has 1 aromatic heterocycles. The molecule has 2 aromatic rings. The highest BCUT2D eigenvalue weighted by Gasteiger charge is 2.16.